The molecule has 4 atom stereocenters. The zero-order valence-electron chi connectivity index (χ0n) is 13.9. The molecule has 0 unspecified atom stereocenters. The Bertz CT molecular complexity index is 796. The predicted octanol–water partition coefficient (Wildman–Crippen LogP) is 3.12. The van der Waals surface area contributed by atoms with Crippen molar-refractivity contribution in [3.63, 3.8) is 0 Å². The fourth-order valence-electron chi connectivity index (χ4n) is 3.79. The van der Waals surface area contributed by atoms with E-state index in [0.29, 0.717) is 29.9 Å². The first-order valence-electron chi connectivity index (χ1n) is 8.50. The lowest BCUT2D eigenvalue weighted by atomic mass is 10.0. The quantitative estimate of drug-likeness (QED) is 0.843. The van der Waals surface area contributed by atoms with Crippen LogP contribution >= 0.6 is 12.2 Å². The monoisotopic (exact) mass is 353 g/mol. The molecule has 0 bridgehead atoms. The van der Waals surface area contributed by atoms with E-state index in [-0.39, 0.29) is 18.1 Å². The van der Waals surface area contributed by atoms with E-state index in [0.717, 1.165) is 12.1 Å². The number of cyclic esters (lactones) is 1. The molecule has 2 aliphatic carbocycles. The van der Waals surface area contributed by atoms with E-state index in [2.05, 4.69) is 17.5 Å². The minimum Gasteiger partial charge on any atom is -0.442 e. The van der Waals surface area contributed by atoms with E-state index in [4.69, 9.17) is 22.2 Å². The van der Waals surface area contributed by atoms with Gasteiger partial charge in [-0.05, 0) is 48.4 Å². The Labute approximate surface area is 152 Å². The van der Waals surface area contributed by atoms with Gasteiger partial charge in [-0.2, -0.15) is 5.26 Å². The van der Waals surface area contributed by atoms with Crippen molar-refractivity contribution in [3.8, 4) is 6.07 Å². The average molecular weight is 353 g/mol. The van der Waals surface area contributed by atoms with E-state index in [1.54, 1.807) is 4.90 Å². The van der Waals surface area contributed by atoms with Gasteiger partial charge in [-0.1, -0.05) is 30.4 Å². The minimum atomic E-state index is -0.320. The van der Waals surface area contributed by atoms with Crippen LogP contribution in [0.25, 0.3) is 5.57 Å². The fourth-order valence-corrected chi connectivity index (χ4v) is 3.88. The van der Waals surface area contributed by atoms with Crippen molar-refractivity contribution < 1.29 is 9.53 Å². The number of hydrogen-bond donors (Lipinski definition) is 1. The molecule has 5 nitrogen and oxygen atoms in total. The van der Waals surface area contributed by atoms with Crippen LogP contribution in [0.2, 0.25) is 0 Å². The summed E-state index contributed by atoms with van der Waals surface area (Å²) in [5, 5.41) is 12.0. The summed E-state index contributed by atoms with van der Waals surface area (Å²) in [4.78, 5) is 14.4. The Morgan fingerprint density at radius 2 is 2.20 bits per heavy atom. The third kappa shape index (κ3) is 3.00. The first-order chi connectivity index (χ1) is 12.1. The Morgan fingerprint density at radius 1 is 1.44 bits per heavy atom. The molecule has 1 aromatic rings. The number of amides is 1. The van der Waals surface area contributed by atoms with E-state index in [1.807, 2.05) is 31.2 Å². The molecule has 25 heavy (non-hydrogen) atoms. The van der Waals surface area contributed by atoms with Gasteiger partial charge >= 0.3 is 6.09 Å². The normalized spacial score (nSPS) is 29.5. The standard InChI is InChI=1S/C19H19N3O2S/c1-11(25)21-9-15-10-22(19(23)24-15)14-4-2-12(3-5-14)13-6-16-17(7-13)18(16)8-20/h2-6,15-18H,7,9-10H2,1H3,(H,21,25)/t15-,16+,17-,18-/m0/s1. The summed E-state index contributed by atoms with van der Waals surface area (Å²) in [5.74, 6) is 1.20. The zero-order chi connectivity index (χ0) is 17.6. The van der Waals surface area contributed by atoms with Gasteiger partial charge in [-0.3, -0.25) is 4.90 Å². The van der Waals surface area contributed by atoms with Crippen LogP contribution in [0.5, 0.6) is 0 Å². The summed E-state index contributed by atoms with van der Waals surface area (Å²) in [6.45, 7) is 2.86. The molecule has 1 N–H and O–H groups in total. The summed E-state index contributed by atoms with van der Waals surface area (Å²) < 4.78 is 5.38. The lowest BCUT2D eigenvalue weighted by molar-refractivity contribution is 0.143. The summed E-state index contributed by atoms with van der Waals surface area (Å²) >= 11 is 4.99. The molecule has 4 rings (SSSR count). The molecule has 1 saturated heterocycles. The molecule has 1 saturated carbocycles. The number of nitriles is 1. The molecule has 1 aliphatic heterocycles. The van der Waals surface area contributed by atoms with Gasteiger partial charge in [-0.15, -0.1) is 0 Å². The number of hydrogen-bond acceptors (Lipinski definition) is 4. The first kappa shape index (κ1) is 16.1. The molecular weight excluding hydrogens is 334 g/mol. The number of fused-ring (bicyclic) bond motifs is 1. The Morgan fingerprint density at radius 3 is 2.80 bits per heavy atom. The molecule has 0 radical (unpaired) electrons. The van der Waals surface area contributed by atoms with Crippen LogP contribution < -0.4 is 10.2 Å². The Hall–Kier alpha value is -2.39. The molecule has 0 aromatic heterocycles. The number of thiocarbonyl (C=S) groups is 1. The SMILES string of the molecule is CC(=S)NC[C@H]1CN(c2ccc(C3=C[C@H]4[C@H](C#N)[C@H]4C3)cc2)C(=O)O1. The van der Waals surface area contributed by atoms with Gasteiger partial charge in [0.2, 0.25) is 0 Å². The van der Waals surface area contributed by atoms with Crippen molar-refractivity contribution in [3.05, 3.63) is 35.9 Å². The van der Waals surface area contributed by atoms with Gasteiger partial charge in [-0.25, -0.2) is 4.79 Å². The van der Waals surface area contributed by atoms with E-state index in [1.165, 1.54) is 11.1 Å². The van der Waals surface area contributed by atoms with Crippen molar-refractivity contribution in [2.75, 3.05) is 18.0 Å². The topological polar surface area (TPSA) is 65.4 Å². The lowest BCUT2D eigenvalue weighted by Gasteiger charge is -2.14. The van der Waals surface area contributed by atoms with Crippen molar-refractivity contribution in [2.24, 2.45) is 17.8 Å². The zero-order valence-corrected chi connectivity index (χ0v) is 14.8. The van der Waals surface area contributed by atoms with Gasteiger partial charge in [0.1, 0.15) is 6.10 Å². The van der Waals surface area contributed by atoms with Crippen LogP contribution in [-0.2, 0) is 4.74 Å². The Kier molecular flexibility index (Phi) is 3.97. The van der Waals surface area contributed by atoms with Crippen LogP contribution in [0.4, 0.5) is 10.5 Å². The van der Waals surface area contributed by atoms with Crippen molar-refractivity contribution >= 4 is 34.6 Å². The minimum absolute atomic E-state index is 0.197. The Balaban J connectivity index is 1.41. The summed E-state index contributed by atoms with van der Waals surface area (Å²) in [5.41, 5.74) is 3.33. The highest BCUT2D eigenvalue weighted by Gasteiger charge is 2.52. The first-order valence-corrected chi connectivity index (χ1v) is 8.91. The number of nitrogens with zero attached hydrogens (tertiary/aromatic N) is 2. The van der Waals surface area contributed by atoms with Gasteiger partial charge in [0, 0.05) is 5.69 Å². The van der Waals surface area contributed by atoms with Gasteiger partial charge in [0.25, 0.3) is 0 Å². The number of carbonyl (C=O) groups excluding carboxylic acids is 1. The molecule has 6 heteroatoms. The predicted molar refractivity (Wildman–Crippen MR) is 99.0 cm³/mol. The maximum Gasteiger partial charge on any atom is 0.414 e. The second kappa shape index (κ2) is 6.16. The number of nitrogens with one attached hydrogen (secondary N) is 1. The fraction of sp³-hybridized carbons (Fsp3) is 0.421. The second-order valence-electron chi connectivity index (χ2n) is 6.89. The molecule has 1 aromatic carbocycles. The van der Waals surface area contributed by atoms with Crippen LogP contribution in [0.3, 0.4) is 0 Å². The third-order valence-corrected chi connectivity index (χ3v) is 5.37. The maximum atomic E-state index is 12.1. The van der Waals surface area contributed by atoms with Gasteiger partial charge in [0.05, 0.1) is 30.1 Å². The van der Waals surface area contributed by atoms with Crippen molar-refractivity contribution in [2.45, 2.75) is 19.4 Å². The van der Waals surface area contributed by atoms with E-state index in [9.17, 15) is 4.79 Å². The number of ether oxygens (including phenoxy) is 1. The summed E-state index contributed by atoms with van der Waals surface area (Å²) in [7, 11) is 0. The number of allylic oxidation sites excluding steroid dienone is 2. The maximum absolute atomic E-state index is 12.1. The molecule has 0 spiro atoms. The lowest BCUT2D eigenvalue weighted by Crippen LogP contribution is -2.32. The highest BCUT2D eigenvalue weighted by molar-refractivity contribution is 7.80. The second-order valence-corrected chi connectivity index (χ2v) is 7.50. The molecule has 128 valence electrons. The molecule has 2 fully saturated rings. The molecule has 3 aliphatic rings. The summed E-state index contributed by atoms with van der Waals surface area (Å²) in [6.07, 6.45) is 2.71. The average Bonchev–Trinajstić information content (AvgIpc) is 2.94. The number of benzene rings is 1. The highest BCUT2D eigenvalue weighted by atomic mass is 32.1. The molecule has 1 amide bonds. The smallest absolute Gasteiger partial charge is 0.414 e. The van der Waals surface area contributed by atoms with Crippen LogP contribution in [0.15, 0.2) is 30.3 Å². The van der Waals surface area contributed by atoms with Crippen molar-refractivity contribution in [1.82, 2.24) is 5.32 Å². The van der Waals surface area contributed by atoms with Crippen LogP contribution in [0, 0.1) is 29.1 Å². The third-order valence-electron chi connectivity index (χ3n) is 5.23. The highest BCUT2D eigenvalue weighted by Crippen LogP contribution is 2.57. The van der Waals surface area contributed by atoms with E-state index >= 15 is 0 Å². The largest absolute Gasteiger partial charge is 0.442 e. The van der Waals surface area contributed by atoms with Gasteiger partial charge in [0.15, 0.2) is 0 Å². The van der Waals surface area contributed by atoms with Gasteiger partial charge < -0.3 is 10.1 Å². The number of carbonyl (C=O) groups is 1. The summed E-state index contributed by atoms with van der Waals surface area (Å²) in [6, 6.07) is 10.4. The van der Waals surface area contributed by atoms with Crippen LogP contribution in [0.1, 0.15) is 18.9 Å². The molecular formula is C19H19N3O2S. The van der Waals surface area contributed by atoms with E-state index < -0.39 is 0 Å². The number of anilines is 1. The molecule has 1 heterocycles. The van der Waals surface area contributed by atoms with Crippen molar-refractivity contribution in [1.29, 1.82) is 5.26 Å². The van der Waals surface area contributed by atoms with Crippen LogP contribution in [-0.4, -0.2) is 30.3 Å². The number of rotatable bonds is 4.